The number of carboxylic acids is 1. The van der Waals surface area contributed by atoms with Gasteiger partial charge in [-0.15, -0.1) is 0 Å². The number of hydrogen-bond donors (Lipinski definition) is 2. The molecule has 5 nitrogen and oxygen atoms in total. The van der Waals surface area contributed by atoms with Gasteiger partial charge >= 0.3 is 5.97 Å². The zero-order chi connectivity index (χ0) is 12.5. The van der Waals surface area contributed by atoms with E-state index in [0.29, 0.717) is 5.65 Å². The van der Waals surface area contributed by atoms with Gasteiger partial charge in [0.2, 0.25) is 0 Å². The highest BCUT2D eigenvalue weighted by Crippen LogP contribution is 2.27. The topological polar surface area (TPSA) is 78.9 Å². The minimum Gasteiger partial charge on any atom is -0.478 e. The standard InChI is InChI=1S/C13H9N3O2/c17-13(18)9-5-10-11(7-16-12(10)15-6-9)8-1-3-14-4-2-8/h1-7H,(H,15,16)(H,17,18). The van der Waals surface area contributed by atoms with Crippen LogP contribution in [0.5, 0.6) is 0 Å². The normalized spacial score (nSPS) is 10.7. The number of carbonyl (C=O) groups is 1. The highest BCUT2D eigenvalue weighted by atomic mass is 16.4. The van der Waals surface area contributed by atoms with Crippen molar-refractivity contribution in [2.24, 2.45) is 0 Å². The number of rotatable bonds is 2. The van der Waals surface area contributed by atoms with E-state index < -0.39 is 5.97 Å². The van der Waals surface area contributed by atoms with Crippen LogP contribution in [0.15, 0.2) is 43.0 Å². The van der Waals surface area contributed by atoms with Crippen LogP contribution in [0.25, 0.3) is 22.2 Å². The molecule has 3 aromatic rings. The van der Waals surface area contributed by atoms with Gasteiger partial charge in [0.15, 0.2) is 0 Å². The van der Waals surface area contributed by atoms with Crippen LogP contribution in [0, 0.1) is 0 Å². The molecule has 5 heteroatoms. The first kappa shape index (κ1) is 10.5. The summed E-state index contributed by atoms with van der Waals surface area (Å²) in [6.07, 6.45) is 6.56. The molecular formula is C13H9N3O2. The highest BCUT2D eigenvalue weighted by Gasteiger charge is 2.10. The molecule has 0 amide bonds. The van der Waals surface area contributed by atoms with Gasteiger partial charge in [-0.05, 0) is 23.8 Å². The van der Waals surface area contributed by atoms with Gasteiger partial charge in [-0.3, -0.25) is 4.98 Å². The van der Waals surface area contributed by atoms with Crippen molar-refractivity contribution >= 4 is 17.0 Å². The molecule has 3 aromatic heterocycles. The van der Waals surface area contributed by atoms with Crippen LogP contribution >= 0.6 is 0 Å². The Hall–Kier alpha value is -2.69. The van der Waals surface area contributed by atoms with Crippen LogP contribution in [0.3, 0.4) is 0 Å². The molecule has 2 N–H and O–H groups in total. The van der Waals surface area contributed by atoms with Crippen molar-refractivity contribution in [3.05, 3.63) is 48.5 Å². The van der Waals surface area contributed by atoms with E-state index in [0.717, 1.165) is 16.5 Å². The van der Waals surface area contributed by atoms with Crippen molar-refractivity contribution < 1.29 is 9.90 Å². The van der Waals surface area contributed by atoms with Gasteiger partial charge in [0.25, 0.3) is 0 Å². The Bertz CT molecular complexity index is 719. The molecule has 0 aliphatic rings. The van der Waals surface area contributed by atoms with Crippen LogP contribution in [0.1, 0.15) is 10.4 Å². The fourth-order valence-corrected chi connectivity index (χ4v) is 1.89. The number of carboxylic acid groups (broad SMARTS) is 1. The minimum atomic E-state index is -0.980. The number of nitrogens with one attached hydrogen (secondary N) is 1. The highest BCUT2D eigenvalue weighted by molar-refractivity contribution is 5.98. The molecule has 0 unspecified atom stereocenters. The van der Waals surface area contributed by atoms with E-state index in [1.165, 1.54) is 6.20 Å². The molecule has 0 spiro atoms. The summed E-state index contributed by atoms with van der Waals surface area (Å²) in [5.41, 5.74) is 2.74. The largest absolute Gasteiger partial charge is 0.478 e. The van der Waals surface area contributed by atoms with Gasteiger partial charge in [0, 0.05) is 35.7 Å². The third kappa shape index (κ3) is 1.62. The zero-order valence-electron chi connectivity index (χ0n) is 9.29. The molecule has 0 atom stereocenters. The number of fused-ring (bicyclic) bond motifs is 1. The van der Waals surface area contributed by atoms with E-state index in [1.54, 1.807) is 18.5 Å². The van der Waals surface area contributed by atoms with Gasteiger partial charge in [-0.2, -0.15) is 0 Å². The van der Waals surface area contributed by atoms with E-state index in [1.807, 2.05) is 18.3 Å². The Morgan fingerprint density at radius 3 is 2.78 bits per heavy atom. The number of pyridine rings is 2. The summed E-state index contributed by atoms with van der Waals surface area (Å²) >= 11 is 0. The van der Waals surface area contributed by atoms with Gasteiger partial charge in [-0.1, -0.05) is 0 Å². The van der Waals surface area contributed by atoms with Gasteiger partial charge < -0.3 is 10.1 Å². The lowest BCUT2D eigenvalue weighted by atomic mass is 10.1. The summed E-state index contributed by atoms with van der Waals surface area (Å²) in [6.45, 7) is 0. The van der Waals surface area contributed by atoms with Crippen LogP contribution in [-0.2, 0) is 0 Å². The summed E-state index contributed by atoms with van der Waals surface area (Å²) < 4.78 is 0. The van der Waals surface area contributed by atoms with E-state index in [-0.39, 0.29) is 5.56 Å². The van der Waals surface area contributed by atoms with Crippen molar-refractivity contribution in [3.8, 4) is 11.1 Å². The molecule has 0 bridgehead atoms. The molecule has 88 valence electrons. The van der Waals surface area contributed by atoms with Crippen LogP contribution in [0.4, 0.5) is 0 Å². The van der Waals surface area contributed by atoms with E-state index >= 15 is 0 Å². The zero-order valence-corrected chi connectivity index (χ0v) is 9.29. The van der Waals surface area contributed by atoms with Crippen LogP contribution in [-0.4, -0.2) is 26.0 Å². The average Bonchev–Trinajstić information content (AvgIpc) is 2.82. The molecule has 0 aromatic carbocycles. The van der Waals surface area contributed by atoms with Crippen LogP contribution in [0.2, 0.25) is 0 Å². The number of nitrogens with zero attached hydrogens (tertiary/aromatic N) is 2. The molecular weight excluding hydrogens is 230 g/mol. The number of H-pyrrole nitrogens is 1. The maximum absolute atomic E-state index is 11.0. The smallest absolute Gasteiger partial charge is 0.337 e. The summed E-state index contributed by atoms with van der Waals surface area (Å²) in [7, 11) is 0. The first-order chi connectivity index (χ1) is 8.75. The van der Waals surface area contributed by atoms with E-state index in [9.17, 15) is 4.79 Å². The summed E-state index contributed by atoms with van der Waals surface area (Å²) in [4.78, 5) is 22.0. The van der Waals surface area contributed by atoms with E-state index in [2.05, 4.69) is 15.0 Å². The summed E-state index contributed by atoms with van der Waals surface area (Å²) in [5.74, 6) is -0.980. The van der Waals surface area contributed by atoms with Crippen molar-refractivity contribution in [2.45, 2.75) is 0 Å². The Morgan fingerprint density at radius 2 is 2.06 bits per heavy atom. The molecule has 0 fully saturated rings. The number of aromatic nitrogens is 3. The molecule has 0 saturated carbocycles. The number of hydrogen-bond acceptors (Lipinski definition) is 3. The molecule has 3 rings (SSSR count). The van der Waals surface area contributed by atoms with Crippen LogP contribution < -0.4 is 0 Å². The lowest BCUT2D eigenvalue weighted by Gasteiger charge is -1.99. The number of aromatic carboxylic acids is 1. The SMILES string of the molecule is O=C(O)c1cnc2[nH]cc(-c3ccncc3)c2c1. The monoisotopic (exact) mass is 239 g/mol. The van der Waals surface area contributed by atoms with Gasteiger partial charge in [0.05, 0.1) is 5.56 Å². The third-order valence-corrected chi connectivity index (χ3v) is 2.77. The average molecular weight is 239 g/mol. The maximum atomic E-state index is 11.0. The second kappa shape index (κ2) is 3.96. The van der Waals surface area contributed by atoms with Gasteiger partial charge in [-0.25, -0.2) is 9.78 Å². The molecule has 0 radical (unpaired) electrons. The predicted octanol–water partition coefficient (Wildman–Crippen LogP) is 2.32. The minimum absolute atomic E-state index is 0.178. The van der Waals surface area contributed by atoms with Crippen molar-refractivity contribution in [3.63, 3.8) is 0 Å². The Labute approximate surface area is 102 Å². The molecule has 18 heavy (non-hydrogen) atoms. The predicted molar refractivity (Wildman–Crippen MR) is 66.3 cm³/mol. The van der Waals surface area contributed by atoms with Crippen molar-refractivity contribution in [1.82, 2.24) is 15.0 Å². The summed E-state index contributed by atoms with van der Waals surface area (Å²) in [5, 5.41) is 9.78. The molecule has 0 saturated heterocycles. The quantitative estimate of drug-likeness (QED) is 0.719. The summed E-state index contributed by atoms with van der Waals surface area (Å²) in [6, 6.07) is 5.36. The Balaban J connectivity index is 2.24. The Morgan fingerprint density at radius 1 is 1.28 bits per heavy atom. The lowest BCUT2D eigenvalue weighted by molar-refractivity contribution is 0.0696. The van der Waals surface area contributed by atoms with Crippen molar-refractivity contribution in [2.75, 3.05) is 0 Å². The Kier molecular flexibility index (Phi) is 2.30. The third-order valence-electron chi connectivity index (χ3n) is 2.77. The first-order valence-electron chi connectivity index (χ1n) is 5.36. The second-order valence-corrected chi connectivity index (χ2v) is 3.86. The maximum Gasteiger partial charge on any atom is 0.337 e. The molecule has 0 aliphatic carbocycles. The number of aromatic amines is 1. The fourth-order valence-electron chi connectivity index (χ4n) is 1.89. The second-order valence-electron chi connectivity index (χ2n) is 3.86. The fraction of sp³-hybridized carbons (Fsp3) is 0. The van der Waals surface area contributed by atoms with Crippen molar-refractivity contribution in [1.29, 1.82) is 0 Å². The molecule has 0 aliphatic heterocycles. The lowest BCUT2D eigenvalue weighted by Crippen LogP contribution is -1.96. The van der Waals surface area contributed by atoms with E-state index in [4.69, 9.17) is 5.11 Å². The molecule has 3 heterocycles. The van der Waals surface area contributed by atoms with Gasteiger partial charge in [0.1, 0.15) is 5.65 Å². The first-order valence-corrected chi connectivity index (χ1v) is 5.36.